The van der Waals surface area contributed by atoms with E-state index in [9.17, 15) is 18.0 Å². The maximum Gasteiger partial charge on any atom is 0.433 e. The van der Waals surface area contributed by atoms with Crippen LogP contribution in [-0.4, -0.2) is 34.5 Å². The van der Waals surface area contributed by atoms with Crippen LogP contribution >= 0.6 is 0 Å². The zero-order valence-corrected chi connectivity index (χ0v) is 13.5. The lowest BCUT2D eigenvalue weighted by Crippen LogP contribution is -2.32. The number of alkyl halides is 3. The molecule has 2 heterocycles. The number of rotatable bonds is 5. The molecule has 0 saturated carbocycles. The average molecular weight is 352 g/mol. The van der Waals surface area contributed by atoms with E-state index in [0.29, 0.717) is 12.6 Å². The Kier molecular flexibility index (Phi) is 5.08. The van der Waals surface area contributed by atoms with Crippen molar-refractivity contribution in [2.45, 2.75) is 25.1 Å². The summed E-state index contributed by atoms with van der Waals surface area (Å²) in [4.78, 5) is 19.6. The van der Waals surface area contributed by atoms with E-state index in [1.807, 2.05) is 30.3 Å². The van der Waals surface area contributed by atoms with Crippen LogP contribution in [0.15, 0.2) is 41.2 Å². The number of H-pyrrole nitrogens is 1. The summed E-state index contributed by atoms with van der Waals surface area (Å²) < 4.78 is 38.4. The van der Waals surface area contributed by atoms with Gasteiger partial charge in [0.1, 0.15) is 0 Å². The van der Waals surface area contributed by atoms with Gasteiger partial charge in [0, 0.05) is 12.6 Å². The van der Waals surface area contributed by atoms with Gasteiger partial charge in [-0.2, -0.15) is 13.2 Å². The van der Waals surface area contributed by atoms with E-state index < -0.39 is 17.4 Å². The highest BCUT2D eigenvalue weighted by atomic mass is 19.4. The summed E-state index contributed by atoms with van der Waals surface area (Å²) in [7, 11) is 0. The van der Waals surface area contributed by atoms with Gasteiger partial charge in [-0.15, -0.1) is 0 Å². The highest BCUT2D eigenvalue weighted by Crippen LogP contribution is 2.28. The Hall–Kier alpha value is -2.35. The Morgan fingerprint density at radius 2 is 1.88 bits per heavy atom. The quantitative estimate of drug-likeness (QED) is 0.868. The second kappa shape index (κ2) is 7.26. The van der Waals surface area contributed by atoms with Gasteiger partial charge in [0.15, 0.2) is 5.69 Å². The molecule has 1 aliphatic heterocycles. The number of nitrogens with zero attached hydrogens (tertiary/aromatic N) is 2. The third-order valence-electron chi connectivity index (χ3n) is 4.26. The molecule has 0 radical (unpaired) electrons. The summed E-state index contributed by atoms with van der Waals surface area (Å²) in [6, 6.07) is 10.2. The maximum absolute atomic E-state index is 12.8. The summed E-state index contributed by atoms with van der Waals surface area (Å²) in [5.74, 6) is -0.167. The molecule has 1 unspecified atom stereocenters. The normalized spacial score (nSPS) is 16.8. The molecule has 0 spiro atoms. The Bertz CT molecular complexity index is 754. The van der Waals surface area contributed by atoms with Gasteiger partial charge < -0.3 is 5.32 Å². The molecule has 8 heteroatoms. The van der Waals surface area contributed by atoms with Crippen LogP contribution in [0.25, 0.3) is 0 Å². The summed E-state index contributed by atoms with van der Waals surface area (Å²) in [5, 5.41) is 2.87. The molecule has 1 aliphatic rings. The van der Waals surface area contributed by atoms with Crippen molar-refractivity contribution in [2.24, 2.45) is 0 Å². The molecule has 25 heavy (non-hydrogen) atoms. The number of aromatic amines is 1. The number of likely N-dealkylation sites (tertiary alicyclic amines) is 1. The van der Waals surface area contributed by atoms with Crippen molar-refractivity contribution in [1.29, 1.82) is 0 Å². The smallest absolute Gasteiger partial charge is 0.354 e. The first-order chi connectivity index (χ1) is 11.9. The van der Waals surface area contributed by atoms with Gasteiger partial charge >= 0.3 is 6.18 Å². The molecule has 2 aromatic rings. The average Bonchev–Trinajstić information content (AvgIpc) is 3.09. The molecule has 134 valence electrons. The first kappa shape index (κ1) is 17.5. The predicted octanol–water partition coefficient (Wildman–Crippen LogP) is 3.04. The van der Waals surface area contributed by atoms with Crippen molar-refractivity contribution >= 4 is 5.95 Å². The molecule has 1 fully saturated rings. The first-order valence-electron chi connectivity index (χ1n) is 8.15. The predicted molar refractivity (Wildman–Crippen MR) is 88.3 cm³/mol. The van der Waals surface area contributed by atoms with Gasteiger partial charge in [0.25, 0.3) is 5.56 Å². The number of hydrogen-bond donors (Lipinski definition) is 2. The third kappa shape index (κ3) is 4.39. The Morgan fingerprint density at radius 3 is 2.52 bits per heavy atom. The standard InChI is InChI=1S/C17H19F3N4O/c18-17(19,20)14-10-15(25)23-16(22-14)21-11-13(24-8-4-5-9-24)12-6-2-1-3-7-12/h1-3,6-7,10,13H,4-5,8-9,11H2,(H2,21,22,23,25). The minimum atomic E-state index is -4.65. The highest BCUT2D eigenvalue weighted by Gasteiger charge is 2.33. The first-order valence-corrected chi connectivity index (χ1v) is 8.15. The van der Waals surface area contributed by atoms with E-state index in [1.54, 1.807) is 0 Å². The molecule has 1 aromatic heterocycles. The van der Waals surface area contributed by atoms with Crippen LogP contribution in [0.2, 0.25) is 0 Å². The number of aromatic nitrogens is 2. The van der Waals surface area contributed by atoms with E-state index in [1.165, 1.54) is 0 Å². The molecule has 1 saturated heterocycles. The zero-order valence-electron chi connectivity index (χ0n) is 13.5. The van der Waals surface area contributed by atoms with Crippen molar-refractivity contribution in [3.8, 4) is 0 Å². The van der Waals surface area contributed by atoms with Gasteiger partial charge in [-0.3, -0.25) is 14.7 Å². The fourth-order valence-electron chi connectivity index (χ4n) is 3.07. The number of nitrogens with one attached hydrogen (secondary N) is 2. The lowest BCUT2D eigenvalue weighted by atomic mass is 10.1. The monoisotopic (exact) mass is 352 g/mol. The lowest BCUT2D eigenvalue weighted by molar-refractivity contribution is -0.141. The maximum atomic E-state index is 12.8. The van der Waals surface area contributed by atoms with Crippen molar-refractivity contribution in [1.82, 2.24) is 14.9 Å². The van der Waals surface area contributed by atoms with Crippen LogP contribution < -0.4 is 10.9 Å². The molecule has 5 nitrogen and oxygen atoms in total. The summed E-state index contributed by atoms with van der Waals surface area (Å²) in [6.07, 6.45) is -2.46. The number of halogens is 3. The summed E-state index contributed by atoms with van der Waals surface area (Å²) in [5.41, 5.74) is -0.954. The van der Waals surface area contributed by atoms with Crippen molar-refractivity contribution in [3.63, 3.8) is 0 Å². The van der Waals surface area contributed by atoms with Crippen LogP contribution in [0.1, 0.15) is 30.1 Å². The lowest BCUT2D eigenvalue weighted by Gasteiger charge is -2.28. The van der Waals surface area contributed by atoms with Crippen LogP contribution in [0.4, 0.5) is 19.1 Å². The Balaban J connectivity index is 1.79. The third-order valence-corrected chi connectivity index (χ3v) is 4.26. The van der Waals surface area contributed by atoms with Gasteiger partial charge in [0.2, 0.25) is 5.95 Å². The van der Waals surface area contributed by atoms with Crippen LogP contribution in [-0.2, 0) is 6.18 Å². The van der Waals surface area contributed by atoms with Crippen molar-refractivity contribution < 1.29 is 13.2 Å². The number of hydrogen-bond acceptors (Lipinski definition) is 4. The summed E-state index contributed by atoms with van der Waals surface area (Å²) >= 11 is 0. The minimum Gasteiger partial charge on any atom is -0.354 e. The second-order valence-corrected chi connectivity index (χ2v) is 6.03. The molecule has 2 N–H and O–H groups in total. The molecular formula is C17H19F3N4O. The number of benzene rings is 1. The van der Waals surface area contributed by atoms with E-state index in [4.69, 9.17) is 0 Å². The SMILES string of the molecule is O=c1cc(C(F)(F)F)nc(NCC(c2ccccc2)N2CCCC2)[nH]1. The Morgan fingerprint density at radius 1 is 1.20 bits per heavy atom. The molecule has 0 bridgehead atoms. The molecule has 0 aliphatic carbocycles. The molecule has 3 rings (SSSR count). The fraction of sp³-hybridized carbons (Fsp3) is 0.412. The van der Waals surface area contributed by atoms with Gasteiger partial charge in [-0.05, 0) is 31.5 Å². The molecular weight excluding hydrogens is 333 g/mol. The number of anilines is 1. The van der Waals surface area contributed by atoms with Crippen LogP contribution in [0.3, 0.4) is 0 Å². The van der Waals surface area contributed by atoms with E-state index in [-0.39, 0.29) is 12.0 Å². The van der Waals surface area contributed by atoms with Crippen molar-refractivity contribution in [3.05, 3.63) is 58.0 Å². The highest BCUT2D eigenvalue weighted by molar-refractivity contribution is 5.29. The van der Waals surface area contributed by atoms with Crippen LogP contribution in [0, 0.1) is 0 Å². The van der Waals surface area contributed by atoms with Crippen LogP contribution in [0.5, 0.6) is 0 Å². The van der Waals surface area contributed by atoms with Gasteiger partial charge in [0.05, 0.1) is 6.04 Å². The van der Waals surface area contributed by atoms with Crippen molar-refractivity contribution in [2.75, 3.05) is 25.0 Å². The van der Waals surface area contributed by atoms with Gasteiger partial charge in [-0.25, -0.2) is 4.98 Å². The topological polar surface area (TPSA) is 61.0 Å². The summed E-state index contributed by atoms with van der Waals surface area (Å²) in [6.45, 7) is 2.23. The molecule has 1 aromatic carbocycles. The largest absolute Gasteiger partial charge is 0.433 e. The fourth-order valence-corrected chi connectivity index (χ4v) is 3.07. The van der Waals surface area contributed by atoms with E-state index >= 15 is 0 Å². The Labute approximate surface area is 142 Å². The molecule has 1 atom stereocenters. The zero-order chi connectivity index (χ0) is 17.9. The van der Waals surface area contributed by atoms with E-state index in [0.717, 1.165) is 31.5 Å². The minimum absolute atomic E-state index is 0.00328. The second-order valence-electron chi connectivity index (χ2n) is 6.03. The van der Waals surface area contributed by atoms with E-state index in [2.05, 4.69) is 20.2 Å². The molecule has 0 amide bonds. The van der Waals surface area contributed by atoms with Gasteiger partial charge in [-0.1, -0.05) is 30.3 Å².